The van der Waals surface area contributed by atoms with Crippen LogP contribution in [0, 0.1) is 23.2 Å². The number of fused-ring (bicyclic) bond motifs is 1. The summed E-state index contributed by atoms with van der Waals surface area (Å²) in [5.74, 6) is 1.40. The molecule has 4 nitrogen and oxygen atoms in total. The quantitative estimate of drug-likeness (QED) is 0.569. The van der Waals surface area contributed by atoms with Gasteiger partial charge in [0.15, 0.2) is 5.78 Å². The molecule has 1 unspecified atom stereocenters. The number of carbonyl (C=O) groups excluding carboxylic acids is 2. The lowest BCUT2D eigenvalue weighted by Gasteiger charge is -2.54. The first-order valence-corrected chi connectivity index (χ1v) is 9.19. The maximum Gasteiger partial charge on any atom is 0.156 e. The normalized spacial score (nSPS) is 34.7. The summed E-state index contributed by atoms with van der Waals surface area (Å²) in [6, 6.07) is 0. The van der Waals surface area contributed by atoms with E-state index in [0.717, 1.165) is 18.4 Å². The Bertz CT molecular complexity index is 536. The minimum absolute atomic E-state index is 0.112. The molecule has 136 valence electrons. The zero-order valence-corrected chi connectivity index (χ0v) is 15.7. The van der Waals surface area contributed by atoms with Gasteiger partial charge in [-0.1, -0.05) is 27.7 Å². The SMILES string of the molecule is CC1=CC(=O)C[C@@]2(C)CC[C@@H](C(C)CC(=O)CC(C)C)C[C@@]12OO. The fourth-order valence-electron chi connectivity index (χ4n) is 4.85. The van der Waals surface area contributed by atoms with Crippen LogP contribution in [0.3, 0.4) is 0 Å². The summed E-state index contributed by atoms with van der Waals surface area (Å²) in [6.07, 6.45) is 5.72. The second kappa shape index (κ2) is 7.09. The van der Waals surface area contributed by atoms with Gasteiger partial charge in [-0.25, -0.2) is 4.89 Å². The number of carbonyl (C=O) groups is 2. The highest BCUT2D eigenvalue weighted by atomic mass is 17.1. The van der Waals surface area contributed by atoms with Crippen molar-refractivity contribution >= 4 is 11.6 Å². The van der Waals surface area contributed by atoms with Crippen molar-refractivity contribution in [2.75, 3.05) is 0 Å². The molecule has 2 aliphatic rings. The Labute approximate surface area is 145 Å². The Hall–Kier alpha value is -1.00. The second-order valence-electron chi connectivity index (χ2n) is 8.77. The average Bonchev–Trinajstić information content (AvgIpc) is 2.45. The van der Waals surface area contributed by atoms with Gasteiger partial charge < -0.3 is 0 Å². The van der Waals surface area contributed by atoms with E-state index in [1.165, 1.54) is 0 Å². The van der Waals surface area contributed by atoms with Gasteiger partial charge in [0.2, 0.25) is 0 Å². The molecule has 2 aliphatic carbocycles. The van der Waals surface area contributed by atoms with Gasteiger partial charge in [0.05, 0.1) is 0 Å². The monoisotopic (exact) mass is 336 g/mol. The molecule has 0 spiro atoms. The standard InChI is InChI=1S/C20H32O4/c1-13(2)8-17(21)9-14(3)16-6-7-19(5)12-18(22)10-15(4)20(19,11-16)24-23/h10,13-14,16,23H,6-9,11-12H2,1-5H3/t14?,16-,19-,20-/m1/s1. The van der Waals surface area contributed by atoms with Crippen LogP contribution in [0.4, 0.5) is 0 Å². The van der Waals surface area contributed by atoms with E-state index in [1.54, 1.807) is 6.08 Å². The molecule has 4 atom stereocenters. The van der Waals surface area contributed by atoms with E-state index in [9.17, 15) is 14.8 Å². The summed E-state index contributed by atoms with van der Waals surface area (Å²) in [4.78, 5) is 29.3. The van der Waals surface area contributed by atoms with Crippen LogP contribution >= 0.6 is 0 Å². The molecule has 0 bridgehead atoms. The number of allylic oxidation sites excluding steroid dienone is 1. The molecule has 0 radical (unpaired) electrons. The number of hydrogen-bond donors (Lipinski definition) is 1. The molecule has 24 heavy (non-hydrogen) atoms. The highest BCUT2D eigenvalue weighted by Crippen LogP contribution is 2.57. The van der Waals surface area contributed by atoms with Crippen molar-refractivity contribution in [3.05, 3.63) is 11.6 Å². The average molecular weight is 336 g/mol. The van der Waals surface area contributed by atoms with Crippen LogP contribution in [0.5, 0.6) is 0 Å². The molecule has 0 aliphatic heterocycles. The number of rotatable bonds is 6. The van der Waals surface area contributed by atoms with Crippen molar-refractivity contribution in [3.63, 3.8) is 0 Å². The lowest BCUT2D eigenvalue weighted by atomic mass is 9.53. The fraction of sp³-hybridized carbons (Fsp3) is 0.800. The van der Waals surface area contributed by atoms with Gasteiger partial charge >= 0.3 is 0 Å². The molecule has 0 saturated heterocycles. The van der Waals surface area contributed by atoms with Crippen LogP contribution in [-0.4, -0.2) is 22.4 Å². The fourth-order valence-corrected chi connectivity index (χ4v) is 4.85. The Morgan fingerprint density at radius 3 is 2.62 bits per heavy atom. The molecule has 1 N–H and O–H groups in total. The van der Waals surface area contributed by atoms with Gasteiger partial charge in [-0.05, 0) is 55.6 Å². The maximum atomic E-state index is 12.2. The van der Waals surface area contributed by atoms with Crippen LogP contribution in [0.25, 0.3) is 0 Å². The summed E-state index contributed by atoms with van der Waals surface area (Å²) in [5.41, 5.74) is -0.344. The number of hydrogen-bond acceptors (Lipinski definition) is 4. The van der Waals surface area contributed by atoms with E-state index < -0.39 is 5.60 Å². The number of ketones is 2. The predicted octanol–water partition coefficient (Wildman–Crippen LogP) is 4.58. The molecule has 0 aromatic heterocycles. The van der Waals surface area contributed by atoms with Crippen LogP contribution in [-0.2, 0) is 14.5 Å². The first kappa shape index (κ1) is 19.3. The van der Waals surface area contributed by atoms with Gasteiger partial charge in [-0.2, -0.15) is 0 Å². The number of Topliss-reactive ketones (excluding diaryl/α,β-unsaturated/α-hetero) is 1. The van der Waals surface area contributed by atoms with E-state index in [1.807, 2.05) is 13.8 Å². The van der Waals surface area contributed by atoms with E-state index in [0.29, 0.717) is 43.3 Å². The summed E-state index contributed by atoms with van der Waals surface area (Å²) >= 11 is 0. The minimum atomic E-state index is -0.792. The molecular formula is C20H32O4. The smallest absolute Gasteiger partial charge is 0.156 e. The zero-order chi connectivity index (χ0) is 18.1. The molecule has 1 fully saturated rings. The Balaban J connectivity index is 2.16. The molecule has 0 heterocycles. The van der Waals surface area contributed by atoms with Gasteiger partial charge in [0.1, 0.15) is 11.4 Å². The summed E-state index contributed by atoms with van der Waals surface area (Å²) in [7, 11) is 0. The summed E-state index contributed by atoms with van der Waals surface area (Å²) in [6.45, 7) is 10.2. The third-order valence-corrected chi connectivity index (χ3v) is 6.32. The van der Waals surface area contributed by atoms with E-state index in [-0.39, 0.29) is 17.1 Å². The summed E-state index contributed by atoms with van der Waals surface area (Å²) in [5, 5.41) is 9.78. The molecular weight excluding hydrogens is 304 g/mol. The van der Waals surface area contributed by atoms with E-state index in [4.69, 9.17) is 4.89 Å². The highest BCUT2D eigenvalue weighted by molar-refractivity contribution is 5.92. The Morgan fingerprint density at radius 2 is 2.04 bits per heavy atom. The van der Waals surface area contributed by atoms with Crippen LogP contribution in [0.15, 0.2) is 11.6 Å². The molecule has 4 heteroatoms. The van der Waals surface area contributed by atoms with Gasteiger partial charge in [0, 0.05) is 24.7 Å². The van der Waals surface area contributed by atoms with Crippen LogP contribution < -0.4 is 0 Å². The topological polar surface area (TPSA) is 63.6 Å². The molecule has 2 rings (SSSR count). The lowest BCUT2D eigenvalue weighted by Crippen LogP contribution is -2.56. The maximum absolute atomic E-state index is 12.2. The first-order chi connectivity index (χ1) is 11.1. The molecule has 0 aromatic carbocycles. The molecule has 1 saturated carbocycles. The van der Waals surface area contributed by atoms with Crippen molar-refractivity contribution in [2.45, 2.75) is 78.7 Å². The van der Waals surface area contributed by atoms with Crippen LogP contribution in [0.2, 0.25) is 0 Å². The summed E-state index contributed by atoms with van der Waals surface area (Å²) < 4.78 is 0. The van der Waals surface area contributed by atoms with E-state index >= 15 is 0 Å². The van der Waals surface area contributed by atoms with Gasteiger partial charge in [0.25, 0.3) is 0 Å². The largest absolute Gasteiger partial charge is 0.300 e. The minimum Gasteiger partial charge on any atom is -0.300 e. The lowest BCUT2D eigenvalue weighted by molar-refractivity contribution is -0.352. The third-order valence-electron chi connectivity index (χ3n) is 6.32. The van der Waals surface area contributed by atoms with Crippen molar-refractivity contribution < 1.29 is 19.7 Å². The van der Waals surface area contributed by atoms with Crippen molar-refractivity contribution in [1.29, 1.82) is 0 Å². The molecule has 0 amide bonds. The predicted molar refractivity (Wildman–Crippen MR) is 93.5 cm³/mol. The van der Waals surface area contributed by atoms with Crippen LogP contribution in [0.1, 0.15) is 73.1 Å². The Morgan fingerprint density at radius 1 is 1.38 bits per heavy atom. The van der Waals surface area contributed by atoms with Gasteiger partial charge in [-0.15, -0.1) is 0 Å². The molecule has 0 aromatic rings. The van der Waals surface area contributed by atoms with Crippen molar-refractivity contribution in [1.82, 2.24) is 0 Å². The van der Waals surface area contributed by atoms with Crippen molar-refractivity contribution in [2.24, 2.45) is 23.2 Å². The van der Waals surface area contributed by atoms with E-state index in [2.05, 4.69) is 20.8 Å². The van der Waals surface area contributed by atoms with Crippen molar-refractivity contribution in [3.8, 4) is 0 Å². The zero-order valence-electron chi connectivity index (χ0n) is 15.7. The highest BCUT2D eigenvalue weighted by Gasteiger charge is 2.57. The first-order valence-electron chi connectivity index (χ1n) is 9.19. The van der Waals surface area contributed by atoms with Gasteiger partial charge in [-0.3, -0.25) is 14.8 Å². The Kier molecular flexibility index (Phi) is 5.71. The third kappa shape index (κ3) is 3.50. The second-order valence-corrected chi connectivity index (χ2v) is 8.77.